The molecule has 0 aliphatic carbocycles. The van der Waals surface area contributed by atoms with Crippen LogP contribution >= 0.6 is 0 Å². The van der Waals surface area contributed by atoms with Crippen LogP contribution in [0.15, 0.2) is 35.8 Å². The van der Waals surface area contributed by atoms with E-state index in [1.54, 1.807) is 0 Å². The van der Waals surface area contributed by atoms with E-state index >= 15 is 0 Å². The maximum atomic E-state index is 14.0. The third-order valence-corrected chi connectivity index (χ3v) is 4.91. The lowest BCUT2D eigenvalue weighted by atomic mass is 9.98. The van der Waals surface area contributed by atoms with Gasteiger partial charge in [-0.1, -0.05) is 0 Å². The Balaban J connectivity index is 2.22. The molecule has 0 unspecified atom stereocenters. The van der Waals surface area contributed by atoms with Crippen LogP contribution in [0.25, 0.3) is 12.2 Å². The van der Waals surface area contributed by atoms with Crippen molar-refractivity contribution in [1.82, 2.24) is 0 Å². The van der Waals surface area contributed by atoms with E-state index in [9.17, 15) is 48.2 Å². The fraction of sp³-hybridized carbons (Fsp3) is 0.273. The van der Waals surface area contributed by atoms with Crippen LogP contribution in [0.1, 0.15) is 22.3 Å². The van der Waals surface area contributed by atoms with Crippen LogP contribution < -0.4 is 0 Å². The highest BCUT2D eigenvalue weighted by Gasteiger charge is 2.34. The number of hydrogen-bond acceptors (Lipinski definition) is 6. The fourth-order valence-corrected chi connectivity index (χ4v) is 2.80. The number of halogens is 4. The van der Waals surface area contributed by atoms with Gasteiger partial charge in [0.15, 0.2) is 0 Å². The van der Waals surface area contributed by atoms with Gasteiger partial charge in [0, 0.05) is 22.3 Å². The average molecular weight is 458 g/mol. The minimum Gasteiger partial charge on any atom is -0.509 e. The van der Waals surface area contributed by atoms with Gasteiger partial charge in [-0.3, -0.25) is 0 Å². The SMILES string of the molecule is Cc1c(F)ccc(C=C(O)[C@@H](O)[C@@H](O)[C@H](O)[C@@H](O)C(O)=Cc2ccc(F)c(C)c2F)c1F. The molecule has 0 saturated heterocycles. The first kappa shape index (κ1) is 25.3. The van der Waals surface area contributed by atoms with Crippen LogP contribution in [-0.4, -0.2) is 55.1 Å². The van der Waals surface area contributed by atoms with Gasteiger partial charge in [0.2, 0.25) is 0 Å². The molecule has 0 aliphatic heterocycles. The Morgan fingerprint density at radius 2 is 0.969 bits per heavy atom. The van der Waals surface area contributed by atoms with Crippen molar-refractivity contribution in [2.75, 3.05) is 0 Å². The molecule has 0 spiro atoms. The van der Waals surface area contributed by atoms with Gasteiger partial charge in [-0.25, -0.2) is 17.6 Å². The highest BCUT2D eigenvalue weighted by Crippen LogP contribution is 2.23. The van der Waals surface area contributed by atoms with Gasteiger partial charge in [-0.05, 0) is 50.3 Å². The minimum absolute atomic E-state index is 0.326. The van der Waals surface area contributed by atoms with E-state index < -0.39 is 59.2 Å². The summed E-state index contributed by atoms with van der Waals surface area (Å²) in [7, 11) is 0. The number of aliphatic hydroxyl groups is 6. The monoisotopic (exact) mass is 458 g/mol. The van der Waals surface area contributed by atoms with Crippen molar-refractivity contribution in [1.29, 1.82) is 0 Å². The number of benzene rings is 2. The van der Waals surface area contributed by atoms with Crippen LogP contribution in [0.4, 0.5) is 17.6 Å². The van der Waals surface area contributed by atoms with Gasteiger partial charge in [0.05, 0.1) is 0 Å². The minimum atomic E-state index is -2.29. The summed E-state index contributed by atoms with van der Waals surface area (Å²) in [5.74, 6) is -5.80. The Kier molecular flexibility index (Phi) is 8.02. The van der Waals surface area contributed by atoms with Crippen LogP contribution in [-0.2, 0) is 0 Å². The quantitative estimate of drug-likeness (QED) is 0.280. The van der Waals surface area contributed by atoms with E-state index in [0.29, 0.717) is 12.2 Å². The number of aliphatic hydroxyl groups excluding tert-OH is 6. The Bertz CT molecular complexity index is 970. The Labute approximate surface area is 180 Å². The third kappa shape index (κ3) is 5.28. The molecule has 0 saturated carbocycles. The molecular weight excluding hydrogens is 436 g/mol. The maximum Gasteiger partial charge on any atom is 0.139 e. The molecule has 0 aliphatic rings. The standard InChI is InChI=1S/C22H22F4O6/c1-9-13(23)5-3-11(17(9)25)7-15(27)19(29)21(31)22(32)20(30)16(28)8-12-4-6-14(24)10(2)18(12)26/h3-8,19-22,27-32H,1-2H3/t19-,20+,21-,22-/m1/s1. The van der Waals surface area contributed by atoms with Crippen LogP contribution in [0.3, 0.4) is 0 Å². The Morgan fingerprint density at radius 3 is 1.28 bits per heavy atom. The van der Waals surface area contributed by atoms with E-state index in [1.807, 2.05) is 0 Å². The summed E-state index contributed by atoms with van der Waals surface area (Å²) in [6.45, 7) is 2.29. The number of rotatable bonds is 7. The number of hydrogen-bond donors (Lipinski definition) is 6. The largest absolute Gasteiger partial charge is 0.509 e. The first-order valence-electron chi connectivity index (χ1n) is 9.29. The molecule has 6 N–H and O–H groups in total. The summed E-state index contributed by atoms with van der Waals surface area (Å²) in [6, 6.07) is 3.76. The normalized spacial score (nSPS) is 16.6. The molecule has 2 rings (SSSR count). The zero-order valence-corrected chi connectivity index (χ0v) is 17.0. The third-order valence-electron chi connectivity index (χ3n) is 4.91. The second kappa shape index (κ2) is 10.1. The van der Waals surface area contributed by atoms with Gasteiger partial charge in [0.25, 0.3) is 0 Å². The van der Waals surface area contributed by atoms with Crippen molar-refractivity contribution < 1.29 is 48.2 Å². The lowest BCUT2D eigenvalue weighted by molar-refractivity contribution is -0.0996. The van der Waals surface area contributed by atoms with Crippen molar-refractivity contribution in [2.45, 2.75) is 38.3 Å². The first-order chi connectivity index (χ1) is 14.9. The summed E-state index contributed by atoms with van der Waals surface area (Å²) in [4.78, 5) is 0. The topological polar surface area (TPSA) is 121 Å². The van der Waals surface area contributed by atoms with E-state index in [1.165, 1.54) is 0 Å². The van der Waals surface area contributed by atoms with Gasteiger partial charge >= 0.3 is 0 Å². The molecule has 0 fully saturated rings. The van der Waals surface area contributed by atoms with Gasteiger partial charge in [0.1, 0.15) is 59.2 Å². The molecule has 0 heterocycles. The molecule has 0 aromatic heterocycles. The Hall–Kier alpha value is -2.92. The molecule has 2 aromatic rings. The molecule has 0 amide bonds. The van der Waals surface area contributed by atoms with E-state index in [-0.39, 0.29) is 22.3 Å². The maximum absolute atomic E-state index is 14.0. The molecule has 2 aromatic carbocycles. The smallest absolute Gasteiger partial charge is 0.139 e. The molecule has 174 valence electrons. The van der Waals surface area contributed by atoms with Gasteiger partial charge in [-0.15, -0.1) is 0 Å². The molecule has 6 nitrogen and oxygen atoms in total. The lowest BCUT2D eigenvalue weighted by Crippen LogP contribution is -2.45. The van der Waals surface area contributed by atoms with Crippen LogP contribution in [0.5, 0.6) is 0 Å². The first-order valence-corrected chi connectivity index (χ1v) is 9.29. The summed E-state index contributed by atoms with van der Waals surface area (Å²) in [5.41, 5.74) is -1.36. The summed E-state index contributed by atoms with van der Waals surface area (Å²) in [6.07, 6.45) is -7.71. The molecule has 10 heteroatoms. The van der Waals surface area contributed by atoms with Crippen molar-refractivity contribution in [3.63, 3.8) is 0 Å². The van der Waals surface area contributed by atoms with E-state index in [0.717, 1.165) is 38.1 Å². The van der Waals surface area contributed by atoms with E-state index in [2.05, 4.69) is 0 Å². The molecule has 32 heavy (non-hydrogen) atoms. The van der Waals surface area contributed by atoms with Crippen molar-refractivity contribution >= 4 is 12.2 Å². The summed E-state index contributed by atoms with van der Waals surface area (Å²) < 4.78 is 54.8. The van der Waals surface area contributed by atoms with Crippen molar-refractivity contribution in [2.24, 2.45) is 0 Å². The fourth-order valence-electron chi connectivity index (χ4n) is 2.80. The second-order valence-electron chi connectivity index (χ2n) is 7.16. The summed E-state index contributed by atoms with van der Waals surface area (Å²) in [5, 5.41) is 60.1. The lowest BCUT2D eigenvalue weighted by Gasteiger charge is -2.26. The molecular formula is C22H22F4O6. The van der Waals surface area contributed by atoms with Crippen LogP contribution in [0.2, 0.25) is 0 Å². The van der Waals surface area contributed by atoms with Gasteiger partial charge in [-0.2, -0.15) is 0 Å². The predicted molar refractivity (Wildman–Crippen MR) is 107 cm³/mol. The summed E-state index contributed by atoms with van der Waals surface area (Å²) >= 11 is 0. The van der Waals surface area contributed by atoms with Crippen molar-refractivity contribution in [3.8, 4) is 0 Å². The van der Waals surface area contributed by atoms with Crippen LogP contribution in [0, 0.1) is 37.1 Å². The molecule has 0 bridgehead atoms. The van der Waals surface area contributed by atoms with Crippen molar-refractivity contribution in [3.05, 3.63) is 81.3 Å². The zero-order valence-electron chi connectivity index (χ0n) is 17.0. The highest BCUT2D eigenvalue weighted by molar-refractivity contribution is 5.55. The zero-order chi connectivity index (χ0) is 24.3. The highest BCUT2D eigenvalue weighted by atomic mass is 19.1. The molecule has 0 radical (unpaired) electrons. The van der Waals surface area contributed by atoms with E-state index in [4.69, 9.17) is 0 Å². The predicted octanol–water partition coefficient (Wildman–Crippen LogP) is 2.80. The van der Waals surface area contributed by atoms with Gasteiger partial charge < -0.3 is 30.6 Å². The Morgan fingerprint density at radius 1 is 0.656 bits per heavy atom. The molecule has 4 atom stereocenters. The average Bonchev–Trinajstić information content (AvgIpc) is 2.77. The second-order valence-corrected chi connectivity index (χ2v) is 7.16.